The number of aromatic nitrogens is 5. The first-order valence-electron chi connectivity index (χ1n) is 6.42. The van der Waals surface area contributed by atoms with E-state index < -0.39 is 0 Å². The van der Waals surface area contributed by atoms with Gasteiger partial charge in [0.05, 0.1) is 5.69 Å². The van der Waals surface area contributed by atoms with E-state index in [4.69, 9.17) is 0 Å². The first-order valence-corrected chi connectivity index (χ1v) is 7.64. The minimum absolute atomic E-state index is 0.193. The molecule has 2 heterocycles. The van der Waals surface area contributed by atoms with E-state index in [1.165, 1.54) is 11.8 Å². The largest absolute Gasteiger partial charge is 0.322 e. The molecule has 1 amide bonds. The van der Waals surface area contributed by atoms with Gasteiger partial charge in [0.25, 0.3) is 5.91 Å². The average molecular weight is 312 g/mol. The zero-order chi connectivity index (χ0) is 15.4. The molecule has 8 heteroatoms. The van der Waals surface area contributed by atoms with Gasteiger partial charge in [-0.2, -0.15) is 4.68 Å². The third-order valence-electron chi connectivity index (χ3n) is 2.91. The lowest BCUT2D eigenvalue weighted by molar-refractivity contribution is 0.102. The minimum Gasteiger partial charge on any atom is -0.322 e. The predicted molar refractivity (Wildman–Crippen MR) is 83.1 cm³/mol. The molecule has 3 aromatic rings. The van der Waals surface area contributed by atoms with Gasteiger partial charge in [0, 0.05) is 23.6 Å². The van der Waals surface area contributed by atoms with Gasteiger partial charge >= 0.3 is 0 Å². The standard InChI is InChI=1S/C14H12N6OS/c1-22-14-17-18-19-20(14)12-4-2-3-11(9-12)16-13(21)10-5-7-15-8-6-10/h2-9H,1H3,(H,16,21). The average Bonchev–Trinajstić information content (AvgIpc) is 3.04. The van der Waals surface area contributed by atoms with Crippen molar-refractivity contribution in [2.45, 2.75) is 5.16 Å². The van der Waals surface area contributed by atoms with Crippen molar-refractivity contribution in [1.82, 2.24) is 25.2 Å². The number of anilines is 1. The topological polar surface area (TPSA) is 85.6 Å². The predicted octanol–water partition coefficient (Wildman–Crippen LogP) is 2.03. The van der Waals surface area contributed by atoms with E-state index in [9.17, 15) is 4.79 Å². The number of benzene rings is 1. The maximum Gasteiger partial charge on any atom is 0.255 e. The second-order valence-electron chi connectivity index (χ2n) is 4.32. The molecule has 0 bridgehead atoms. The first kappa shape index (κ1) is 14.2. The molecule has 0 unspecified atom stereocenters. The van der Waals surface area contributed by atoms with Crippen LogP contribution >= 0.6 is 11.8 Å². The minimum atomic E-state index is -0.193. The Balaban J connectivity index is 1.84. The van der Waals surface area contributed by atoms with Crippen LogP contribution in [-0.2, 0) is 0 Å². The van der Waals surface area contributed by atoms with Crippen LogP contribution in [0.2, 0.25) is 0 Å². The molecule has 110 valence electrons. The quantitative estimate of drug-likeness (QED) is 0.742. The zero-order valence-corrected chi connectivity index (χ0v) is 12.5. The van der Waals surface area contributed by atoms with Gasteiger partial charge in [0.1, 0.15) is 0 Å². The highest BCUT2D eigenvalue weighted by atomic mass is 32.2. The van der Waals surface area contributed by atoms with Crippen LogP contribution in [0, 0.1) is 0 Å². The van der Waals surface area contributed by atoms with Crippen molar-refractivity contribution in [2.24, 2.45) is 0 Å². The van der Waals surface area contributed by atoms with E-state index >= 15 is 0 Å². The maximum absolute atomic E-state index is 12.1. The molecular formula is C14H12N6OS. The Bertz CT molecular complexity index is 789. The lowest BCUT2D eigenvalue weighted by Gasteiger charge is -2.08. The van der Waals surface area contributed by atoms with Crippen molar-refractivity contribution >= 4 is 23.4 Å². The van der Waals surface area contributed by atoms with Gasteiger partial charge < -0.3 is 5.32 Å². The van der Waals surface area contributed by atoms with Gasteiger partial charge in [0.15, 0.2) is 0 Å². The van der Waals surface area contributed by atoms with Crippen LogP contribution < -0.4 is 5.32 Å². The highest BCUT2D eigenvalue weighted by Crippen LogP contribution is 2.19. The number of hydrogen-bond acceptors (Lipinski definition) is 6. The molecule has 0 saturated carbocycles. The number of tetrazole rings is 1. The van der Waals surface area contributed by atoms with Crippen LogP contribution in [0.4, 0.5) is 5.69 Å². The monoisotopic (exact) mass is 312 g/mol. The summed E-state index contributed by atoms with van der Waals surface area (Å²) < 4.78 is 1.62. The third kappa shape index (κ3) is 2.96. The molecule has 0 atom stereocenters. The number of nitrogens with zero attached hydrogens (tertiary/aromatic N) is 5. The van der Waals surface area contributed by atoms with E-state index in [1.807, 2.05) is 30.5 Å². The molecule has 1 N–H and O–H groups in total. The van der Waals surface area contributed by atoms with Gasteiger partial charge in [-0.15, -0.1) is 5.10 Å². The van der Waals surface area contributed by atoms with Crippen molar-refractivity contribution in [2.75, 3.05) is 11.6 Å². The number of thioether (sulfide) groups is 1. The Labute approximate surface area is 130 Å². The summed E-state index contributed by atoms with van der Waals surface area (Å²) in [6, 6.07) is 10.7. The van der Waals surface area contributed by atoms with E-state index in [0.29, 0.717) is 16.4 Å². The Morgan fingerprint density at radius 3 is 2.82 bits per heavy atom. The highest BCUT2D eigenvalue weighted by Gasteiger charge is 2.09. The van der Waals surface area contributed by atoms with Crippen molar-refractivity contribution in [1.29, 1.82) is 0 Å². The second kappa shape index (κ2) is 6.35. The van der Waals surface area contributed by atoms with Gasteiger partial charge in [-0.1, -0.05) is 17.8 Å². The van der Waals surface area contributed by atoms with Crippen molar-refractivity contribution in [3.63, 3.8) is 0 Å². The van der Waals surface area contributed by atoms with Crippen LogP contribution in [0.1, 0.15) is 10.4 Å². The first-order chi connectivity index (χ1) is 10.8. The van der Waals surface area contributed by atoms with Crippen LogP contribution in [0.3, 0.4) is 0 Å². The third-order valence-corrected chi connectivity index (χ3v) is 3.53. The number of hydrogen-bond donors (Lipinski definition) is 1. The number of amides is 1. The second-order valence-corrected chi connectivity index (χ2v) is 5.09. The normalized spacial score (nSPS) is 10.4. The van der Waals surface area contributed by atoms with Crippen LogP contribution in [0.5, 0.6) is 0 Å². The van der Waals surface area contributed by atoms with E-state index in [0.717, 1.165) is 5.69 Å². The number of pyridine rings is 1. The van der Waals surface area contributed by atoms with Gasteiger partial charge in [-0.25, -0.2) is 0 Å². The van der Waals surface area contributed by atoms with Crippen LogP contribution in [0.15, 0.2) is 53.9 Å². The molecule has 22 heavy (non-hydrogen) atoms. The fourth-order valence-electron chi connectivity index (χ4n) is 1.89. The molecule has 3 rings (SSSR count). The molecule has 7 nitrogen and oxygen atoms in total. The highest BCUT2D eigenvalue weighted by molar-refractivity contribution is 7.98. The summed E-state index contributed by atoms with van der Waals surface area (Å²) >= 11 is 1.45. The maximum atomic E-state index is 12.1. The summed E-state index contributed by atoms with van der Waals surface area (Å²) in [6.45, 7) is 0. The smallest absolute Gasteiger partial charge is 0.255 e. The number of nitrogens with one attached hydrogen (secondary N) is 1. The number of rotatable bonds is 4. The van der Waals surface area contributed by atoms with E-state index in [2.05, 4.69) is 25.8 Å². The van der Waals surface area contributed by atoms with Crippen molar-refractivity contribution in [3.05, 3.63) is 54.4 Å². The lowest BCUT2D eigenvalue weighted by Crippen LogP contribution is -2.12. The molecule has 2 aromatic heterocycles. The Morgan fingerprint density at radius 2 is 2.05 bits per heavy atom. The molecule has 0 aliphatic carbocycles. The van der Waals surface area contributed by atoms with Gasteiger partial charge in [-0.3, -0.25) is 9.78 Å². The summed E-state index contributed by atoms with van der Waals surface area (Å²) in [5.41, 5.74) is 2.00. The molecule has 1 aromatic carbocycles. The van der Waals surface area contributed by atoms with Gasteiger partial charge in [-0.05, 0) is 47.0 Å². The summed E-state index contributed by atoms with van der Waals surface area (Å²) in [5.74, 6) is -0.193. The fraction of sp³-hybridized carbons (Fsp3) is 0.0714. The van der Waals surface area contributed by atoms with Crippen molar-refractivity contribution in [3.8, 4) is 5.69 Å². The molecule has 0 radical (unpaired) electrons. The summed E-state index contributed by atoms with van der Waals surface area (Å²) in [7, 11) is 0. The van der Waals surface area contributed by atoms with Gasteiger partial charge in [0.2, 0.25) is 5.16 Å². The summed E-state index contributed by atoms with van der Waals surface area (Å²) in [6.07, 6.45) is 5.06. The number of carbonyl (C=O) groups excluding carboxylic acids is 1. The lowest BCUT2D eigenvalue weighted by atomic mass is 10.2. The van der Waals surface area contributed by atoms with Crippen LogP contribution in [0.25, 0.3) is 5.69 Å². The Morgan fingerprint density at radius 1 is 1.23 bits per heavy atom. The van der Waals surface area contributed by atoms with E-state index in [-0.39, 0.29) is 5.91 Å². The SMILES string of the molecule is CSc1nnnn1-c1cccc(NC(=O)c2ccncc2)c1. The Hall–Kier alpha value is -2.74. The molecule has 0 spiro atoms. The van der Waals surface area contributed by atoms with Crippen LogP contribution in [-0.4, -0.2) is 37.4 Å². The molecule has 0 saturated heterocycles. The summed E-state index contributed by atoms with van der Waals surface area (Å²) in [5, 5.41) is 15.0. The molecule has 0 aliphatic rings. The Kier molecular flexibility index (Phi) is 4.10. The number of carbonyl (C=O) groups is 1. The fourth-order valence-corrected chi connectivity index (χ4v) is 2.32. The zero-order valence-electron chi connectivity index (χ0n) is 11.7. The molecule has 0 aliphatic heterocycles. The van der Waals surface area contributed by atoms with E-state index in [1.54, 1.807) is 29.2 Å². The molecule has 0 fully saturated rings. The van der Waals surface area contributed by atoms with Crippen molar-refractivity contribution < 1.29 is 4.79 Å². The summed E-state index contributed by atoms with van der Waals surface area (Å²) in [4.78, 5) is 16.0. The molecular weight excluding hydrogens is 300 g/mol.